The Morgan fingerprint density at radius 2 is 2.00 bits per heavy atom. The first-order valence-corrected chi connectivity index (χ1v) is 12.0. The molecule has 10 heteroatoms. The van der Waals surface area contributed by atoms with Gasteiger partial charge in [0.25, 0.3) is 5.91 Å². The molecular formula is C26H22BrN3O6. The lowest BCUT2D eigenvalue weighted by Crippen LogP contribution is -2.32. The highest BCUT2D eigenvalue weighted by molar-refractivity contribution is 9.10. The van der Waals surface area contributed by atoms with Crippen LogP contribution in [0.4, 0.5) is 0 Å². The highest BCUT2D eigenvalue weighted by atomic mass is 79.9. The topological polar surface area (TPSA) is 118 Å². The van der Waals surface area contributed by atoms with Crippen molar-refractivity contribution in [2.24, 2.45) is 0 Å². The number of para-hydroxylation sites is 1. The maximum atomic E-state index is 13.7. The van der Waals surface area contributed by atoms with Crippen molar-refractivity contribution >= 4 is 38.6 Å². The number of carbonyl (C=O) groups excluding carboxylic acids is 2. The van der Waals surface area contributed by atoms with Gasteiger partial charge in [-0.05, 0) is 52.2 Å². The van der Waals surface area contributed by atoms with Gasteiger partial charge in [-0.1, -0.05) is 18.2 Å². The van der Waals surface area contributed by atoms with E-state index in [0.29, 0.717) is 28.6 Å². The van der Waals surface area contributed by atoms with Crippen molar-refractivity contribution in [1.82, 2.24) is 14.5 Å². The summed E-state index contributed by atoms with van der Waals surface area (Å²) < 4.78 is 13.2. The van der Waals surface area contributed by atoms with Crippen LogP contribution in [0.1, 0.15) is 28.6 Å². The minimum Gasteiger partial charge on any atom is -0.503 e. The zero-order valence-electron chi connectivity index (χ0n) is 19.2. The number of halogens is 1. The molecule has 0 fully saturated rings. The van der Waals surface area contributed by atoms with Gasteiger partial charge in [0.05, 0.1) is 29.5 Å². The maximum Gasteiger partial charge on any atom is 0.290 e. The van der Waals surface area contributed by atoms with Gasteiger partial charge in [-0.2, -0.15) is 0 Å². The van der Waals surface area contributed by atoms with Gasteiger partial charge in [0.2, 0.25) is 5.78 Å². The largest absolute Gasteiger partial charge is 0.503 e. The maximum absolute atomic E-state index is 13.7. The second-order valence-corrected chi connectivity index (χ2v) is 9.20. The van der Waals surface area contributed by atoms with Crippen LogP contribution >= 0.6 is 15.9 Å². The summed E-state index contributed by atoms with van der Waals surface area (Å²) in [5, 5.41) is 22.0. The first kappa shape index (κ1) is 23.7. The Hall–Kier alpha value is -4.05. The number of ketones is 1. The molecule has 2 aromatic heterocycles. The predicted molar refractivity (Wildman–Crippen MR) is 134 cm³/mol. The molecule has 184 valence electrons. The summed E-state index contributed by atoms with van der Waals surface area (Å²) in [5.41, 5.74) is 0.908. The minimum atomic E-state index is -0.924. The second kappa shape index (κ2) is 9.54. The first-order valence-electron chi connectivity index (χ1n) is 11.2. The lowest BCUT2D eigenvalue weighted by atomic mass is 9.94. The fourth-order valence-electron chi connectivity index (χ4n) is 4.44. The van der Waals surface area contributed by atoms with Crippen molar-refractivity contribution in [3.63, 3.8) is 0 Å². The molecule has 9 nitrogen and oxygen atoms in total. The van der Waals surface area contributed by atoms with E-state index in [2.05, 4.69) is 20.9 Å². The van der Waals surface area contributed by atoms with E-state index in [0.717, 1.165) is 5.39 Å². The summed E-state index contributed by atoms with van der Waals surface area (Å²) >= 11 is 3.31. The van der Waals surface area contributed by atoms with Crippen LogP contribution < -0.4 is 4.74 Å². The summed E-state index contributed by atoms with van der Waals surface area (Å²) in [6.07, 6.45) is 5.71. The van der Waals surface area contributed by atoms with E-state index in [1.807, 2.05) is 22.9 Å². The lowest BCUT2D eigenvalue weighted by Gasteiger charge is -2.27. The van der Waals surface area contributed by atoms with Gasteiger partial charge in [-0.25, -0.2) is 4.98 Å². The smallest absolute Gasteiger partial charge is 0.290 e. The van der Waals surface area contributed by atoms with E-state index in [-0.39, 0.29) is 29.4 Å². The van der Waals surface area contributed by atoms with Gasteiger partial charge >= 0.3 is 0 Å². The SMILES string of the molecule is COc1cc(C2C(C(=O)c3cc4ccccc4o3)=C(O)C(=O)N2CCCn2ccnc2)cc(Br)c1O. The molecule has 0 spiro atoms. The number of aliphatic hydroxyl groups excluding tert-OH is 1. The quantitative estimate of drug-likeness (QED) is 0.302. The molecule has 2 N–H and O–H groups in total. The number of nitrogens with zero attached hydrogens (tertiary/aromatic N) is 3. The van der Waals surface area contributed by atoms with Crippen molar-refractivity contribution in [2.45, 2.75) is 19.0 Å². The number of phenols is 1. The number of benzene rings is 2. The molecule has 0 radical (unpaired) electrons. The van der Waals surface area contributed by atoms with Crippen LogP contribution in [-0.4, -0.2) is 50.0 Å². The van der Waals surface area contributed by atoms with Crippen LogP contribution in [0.15, 0.2) is 81.4 Å². The standard InChI is InChI=1S/C26H22BrN3O6/c1-35-19-13-16(11-17(27)23(19)31)22-21(24(32)20-12-15-5-2-3-6-18(15)36-20)25(33)26(34)30(22)9-4-8-29-10-7-28-14-29/h2-3,5-7,10-14,22,31,33H,4,8-9H2,1H3. The fraction of sp³-hybridized carbons (Fsp3) is 0.192. The van der Waals surface area contributed by atoms with Crippen molar-refractivity contribution in [1.29, 1.82) is 0 Å². The predicted octanol–water partition coefficient (Wildman–Crippen LogP) is 4.77. The normalized spacial score (nSPS) is 15.8. The number of amides is 1. The van der Waals surface area contributed by atoms with Crippen molar-refractivity contribution in [3.05, 3.63) is 88.3 Å². The average Bonchev–Trinajstić information content (AvgIpc) is 3.60. The van der Waals surface area contributed by atoms with Gasteiger partial charge in [-0.3, -0.25) is 9.59 Å². The van der Waals surface area contributed by atoms with Crippen molar-refractivity contribution < 1.29 is 29.0 Å². The van der Waals surface area contributed by atoms with E-state index in [9.17, 15) is 19.8 Å². The number of aromatic hydroxyl groups is 1. The molecule has 3 heterocycles. The number of aromatic nitrogens is 2. The number of rotatable bonds is 8. The number of carbonyl (C=O) groups is 2. The van der Waals surface area contributed by atoms with E-state index in [1.54, 1.807) is 42.9 Å². The highest BCUT2D eigenvalue weighted by Gasteiger charge is 2.44. The number of hydrogen-bond acceptors (Lipinski definition) is 7. The van der Waals surface area contributed by atoms with E-state index >= 15 is 0 Å². The third-order valence-electron chi connectivity index (χ3n) is 6.16. The molecule has 1 atom stereocenters. The van der Waals surface area contributed by atoms with Gasteiger partial charge in [0.15, 0.2) is 23.0 Å². The Bertz CT molecular complexity index is 1460. The Morgan fingerprint density at radius 3 is 2.72 bits per heavy atom. The number of furan rings is 1. The molecule has 0 saturated carbocycles. The van der Waals surface area contributed by atoms with E-state index in [4.69, 9.17) is 9.15 Å². The molecule has 1 amide bonds. The number of fused-ring (bicyclic) bond motifs is 1. The number of imidazole rings is 1. The van der Waals surface area contributed by atoms with Crippen LogP contribution in [0.5, 0.6) is 11.5 Å². The molecular weight excluding hydrogens is 530 g/mol. The summed E-state index contributed by atoms with van der Waals surface area (Å²) in [5.74, 6) is -1.82. The number of hydrogen-bond donors (Lipinski definition) is 2. The zero-order chi connectivity index (χ0) is 25.4. The number of aryl methyl sites for hydroxylation is 1. The van der Waals surface area contributed by atoms with Gasteiger partial charge in [0, 0.05) is 30.9 Å². The van der Waals surface area contributed by atoms with Crippen LogP contribution in [0.25, 0.3) is 11.0 Å². The zero-order valence-corrected chi connectivity index (χ0v) is 20.8. The van der Waals surface area contributed by atoms with Crippen LogP contribution in [0, 0.1) is 0 Å². The molecule has 4 aromatic rings. The molecule has 0 aliphatic carbocycles. The summed E-state index contributed by atoms with van der Waals surface area (Å²) in [6.45, 7) is 0.843. The molecule has 1 aliphatic heterocycles. The number of phenolic OH excluding ortho intramolecular Hbond substituents is 1. The Kier molecular flexibility index (Phi) is 6.27. The molecule has 0 saturated heterocycles. The molecule has 5 rings (SSSR count). The third kappa shape index (κ3) is 4.13. The second-order valence-electron chi connectivity index (χ2n) is 8.35. The summed E-state index contributed by atoms with van der Waals surface area (Å²) in [7, 11) is 1.40. The Labute approximate surface area is 214 Å². The van der Waals surface area contributed by atoms with Gasteiger partial charge in [-0.15, -0.1) is 0 Å². The third-order valence-corrected chi connectivity index (χ3v) is 6.76. The molecule has 0 bridgehead atoms. The fourth-order valence-corrected chi connectivity index (χ4v) is 4.90. The van der Waals surface area contributed by atoms with Crippen molar-refractivity contribution in [2.75, 3.05) is 13.7 Å². The molecule has 1 unspecified atom stereocenters. The Balaban J connectivity index is 1.56. The highest BCUT2D eigenvalue weighted by Crippen LogP contribution is 2.44. The monoisotopic (exact) mass is 551 g/mol. The van der Waals surface area contributed by atoms with Gasteiger partial charge in [0.1, 0.15) is 5.58 Å². The Morgan fingerprint density at radius 1 is 1.19 bits per heavy atom. The van der Waals surface area contributed by atoms with Crippen LogP contribution in [-0.2, 0) is 11.3 Å². The minimum absolute atomic E-state index is 0.0145. The van der Waals surface area contributed by atoms with Crippen LogP contribution in [0.3, 0.4) is 0 Å². The number of aliphatic hydroxyl groups is 1. The van der Waals surface area contributed by atoms with E-state index < -0.39 is 23.5 Å². The molecule has 36 heavy (non-hydrogen) atoms. The average molecular weight is 552 g/mol. The number of ether oxygens (including phenoxy) is 1. The van der Waals surface area contributed by atoms with Gasteiger partial charge < -0.3 is 28.8 Å². The van der Waals surface area contributed by atoms with Crippen LogP contribution in [0.2, 0.25) is 0 Å². The lowest BCUT2D eigenvalue weighted by molar-refractivity contribution is -0.129. The molecule has 1 aliphatic rings. The first-order chi connectivity index (χ1) is 17.4. The summed E-state index contributed by atoms with van der Waals surface area (Å²) in [4.78, 5) is 32.4. The number of methoxy groups -OCH3 is 1. The number of Topliss-reactive ketones (excluding diaryl/α,β-unsaturated/α-hetero) is 1. The summed E-state index contributed by atoms with van der Waals surface area (Å²) in [6, 6.07) is 11.0. The van der Waals surface area contributed by atoms with E-state index in [1.165, 1.54) is 12.0 Å². The molecule has 2 aromatic carbocycles. The van der Waals surface area contributed by atoms with Crippen molar-refractivity contribution in [3.8, 4) is 11.5 Å².